The van der Waals surface area contributed by atoms with Gasteiger partial charge in [0.25, 0.3) is 0 Å². The summed E-state index contributed by atoms with van der Waals surface area (Å²) in [6.07, 6.45) is 2.75. The van der Waals surface area contributed by atoms with E-state index in [9.17, 15) is 0 Å². The smallest absolute Gasteiger partial charge is 0.134 e. The van der Waals surface area contributed by atoms with Crippen LogP contribution < -0.4 is 5.32 Å². The largest absolute Gasteiger partial charge is 0.459 e. The van der Waals surface area contributed by atoms with Crippen LogP contribution in [-0.4, -0.2) is 7.05 Å². The van der Waals surface area contributed by atoms with Crippen molar-refractivity contribution in [3.63, 3.8) is 0 Å². The van der Waals surface area contributed by atoms with Gasteiger partial charge in [-0.25, -0.2) is 0 Å². The summed E-state index contributed by atoms with van der Waals surface area (Å²) in [4.78, 5) is 0. The molecule has 2 heteroatoms. The Morgan fingerprint density at radius 3 is 2.72 bits per heavy atom. The number of fused-ring (bicyclic) bond motifs is 1. The Hall–Kier alpha value is -1.28. The third-order valence-corrected chi connectivity index (χ3v) is 4.20. The maximum Gasteiger partial charge on any atom is 0.134 e. The Labute approximate surface area is 108 Å². The third-order valence-electron chi connectivity index (χ3n) is 4.20. The highest BCUT2D eigenvalue weighted by Gasteiger charge is 2.34. The van der Waals surface area contributed by atoms with Crippen molar-refractivity contribution in [2.24, 2.45) is 11.8 Å². The molecule has 3 rings (SSSR count). The lowest BCUT2D eigenvalue weighted by Crippen LogP contribution is -2.24. The van der Waals surface area contributed by atoms with Crippen LogP contribution in [0.5, 0.6) is 0 Å². The van der Waals surface area contributed by atoms with Gasteiger partial charge in [-0.1, -0.05) is 18.6 Å². The summed E-state index contributed by atoms with van der Waals surface area (Å²) in [7, 11) is 2.03. The van der Waals surface area contributed by atoms with Crippen LogP contribution in [0.15, 0.2) is 28.7 Å². The summed E-state index contributed by atoms with van der Waals surface area (Å²) in [5.74, 6) is 2.60. The second kappa shape index (κ2) is 4.43. The fourth-order valence-electron chi connectivity index (χ4n) is 2.90. The molecule has 1 aromatic carbocycles. The summed E-state index contributed by atoms with van der Waals surface area (Å²) >= 11 is 0. The molecule has 1 aliphatic rings. The van der Waals surface area contributed by atoms with Gasteiger partial charge in [0, 0.05) is 5.39 Å². The van der Waals surface area contributed by atoms with Gasteiger partial charge in [-0.3, -0.25) is 0 Å². The predicted octanol–water partition coefficient (Wildman–Crippen LogP) is 4.05. The van der Waals surface area contributed by atoms with Crippen LogP contribution in [0.2, 0.25) is 0 Å². The maximum absolute atomic E-state index is 6.01. The molecule has 2 atom stereocenters. The van der Waals surface area contributed by atoms with Gasteiger partial charge in [0.1, 0.15) is 11.3 Å². The second-order valence-corrected chi connectivity index (χ2v) is 5.65. The predicted molar refractivity (Wildman–Crippen MR) is 74.6 cm³/mol. The highest BCUT2D eigenvalue weighted by Crippen LogP contribution is 2.43. The third kappa shape index (κ3) is 2.05. The molecule has 2 nitrogen and oxygen atoms in total. The summed E-state index contributed by atoms with van der Waals surface area (Å²) in [5, 5.41) is 4.64. The van der Waals surface area contributed by atoms with E-state index in [-0.39, 0.29) is 0 Å². The molecule has 1 N–H and O–H groups in total. The Bertz CT molecular complexity index is 553. The SMILES string of the molecule is CNC(c1cc2cc(C)ccc2o1)C(C)C1CC1. The lowest BCUT2D eigenvalue weighted by Gasteiger charge is -2.21. The first-order valence-electron chi connectivity index (χ1n) is 6.86. The van der Waals surface area contributed by atoms with Gasteiger partial charge in [0.15, 0.2) is 0 Å². The first-order chi connectivity index (χ1) is 8.69. The van der Waals surface area contributed by atoms with Gasteiger partial charge < -0.3 is 9.73 Å². The van der Waals surface area contributed by atoms with Crippen molar-refractivity contribution >= 4 is 11.0 Å². The molecule has 1 heterocycles. The molecule has 0 aliphatic heterocycles. The van der Waals surface area contributed by atoms with E-state index >= 15 is 0 Å². The lowest BCUT2D eigenvalue weighted by molar-refractivity contribution is 0.322. The zero-order valence-corrected chi connectivity index (χ0v) is 11.4. The molecule has 1 fully saturated rings. The Morgan fingerprint density at radius 2 is 2.06 bits per heavy atom. The van der Waals surface area contributed by atoms with E-state index in [1.165, 1.54) is 23.8 Å². The molecule has 0 spiro atoms. The van der Waals surface area contributed by atoms with Crippen LogP contribution >= 0.6 is 0 Å². The van der Waals surface area contributed by atoms with Crippen LogP contribution in [0, 0.1) is 18.8 Å². The van der Waals surface area contributed by atoms with Crippen molar-refractivity contribution in [1.29, 1.82) is 0 Å². The van der Waals surface area contributed by atoms with Crippen molar-refractivity contribution in [3.05, 3.63) is 35.6 Å². The quantitative estimate of drug-likeness (QED) is 0.876. The van der Waals surface area contributed by atoms with Crippen molar-refractivity contribution in [3.8, 4) is 0 Å². The summed E-state index contributed by atoms with van der Waals surface area (Å²) in [6.45, 7) is 4.45. The Morgan fingerprint density at radius 1 is 1.28 bits per heavy atom. The number of benzene rings is 1. The number of furan rings is 1. The van der Waals surface area contributed by atoms with E-state index in [4.69, 9.17) is 4.42 Å². The minimum Gasteiger partial charge on any atom is -0.459 e. The fraction of sp³-hybridized carbons (Fsp3) is 0.500. The topological polar surface area (TPSA) is 25.2 Å². The van der Waals surface area contributed by atoms with Gasteiger partial charge in [0.2, 0.25) is 0 Å². The molecule has 1 aliphatic carbocycles. The van der Waals surface area contributed by atoms with Gasteiger partial charge in [-0.15, -0.1) is 0 Å². The number of hydrogen-bond acceptors (Lipinski definition) is 2. The number of rotatable bonds is 4. The Balaban J connectivity index is 1.96. The minimum atomic E-state index is 0.338. The van der Waals surface area contributed by atoms with Crippen LogP contribution in [0.4, 0.5) is 0 Å². The summed E-state index contributed by atoms with van der Waals surface area (Å²) in [6, 6.07) is 8.90. The summed E-state index contributed by atoms with van der Waals surface area (Å²) < 4.78 is 6.01. The molecule has 0 amide bonds. The zero-order valence-electron chi connectivity index (χ0n) is 11.4. The molecule has 0 radical (unpaired) electrons. The number of nitrogens with one attached hydrogen (secondary N) is 1. The molecule has 2 unspecified atom stereocenters. The average Bonchev–Trinajstić information content (AvgIpc) is 3.11. The average molecular weight is 243 g/mol. The maximum atomic E-state index is 6.01. The zero-order chi connectivity index (χ0) is 12.7. The lowest BCUT2D eigenvalue weighted by atomic mass is 9.94. The standard InChI is InChI=1S/C16H21NO/c1-10-4-7-14-13(8-10)9-15(18-14)16(17-3)11(2)12-5-6-12/h4,7-9,11-12,16-17H,5-6H2,1-3H3. The van der Waals surface area contributed by atoms with E-state index in [1.807, 2.05) is 7.05 Å². The van der Waals surface area contributed by atoms with Crippen LogP contribution in [-0.2, 0) is 0 Å². The normalized spacial score (nSPS) is 19.1. The minimum absolute atomic E-state index is 0.338. The number of aryl methyl sites for hydroxylation is 1. The molecular weight excluding hydrogens is 222 g/mol. The van der Waals surface area contributed by atoms with E-state index in [0.29, 0.717) is 12.0 Å². The van der Waals surface area contributed by atoms with Crippen molar-refractivity contribution in [2.75, 3.05) is 7.05 Å². The highest BCUT2D eigenvalue weighted by atomic mass is 16.3. The molecule has 1 saturated carbocycles. The molecule has 0 saturated heterocycles. The van der Waals surface area contributed by atoms with Crippen molar-refractivity contribution < 1.29 is 4.42 Å². The van der Waals surface area contributed by atoms with Gasteiger partial charge in [-0.05, 0) is 56.8 Å². The molecular formula is C16H21NO. The van der Waals surface area contributed by atoms with Crippen molar-refractivity contribution in [2.45, 2.75) is 32.7 Å². The molecule has 0 bridgehead atoms. The molecule has 96 valence electrons. The van der Waals surface area contributed by atoms with E-state index < -0.39 is 0 Å². The molecule has 1 aromatic heterocycles. The fourth-order valence-corrected chi connectivity index (χ4v) is 2.90. The first kappa shape index (κ1) is 11.8. The summed E-state index contributed by atoms with van der Waals surface area (Å²) in [5.41, 5.74) is 2.28. The van der Waals surface area contributed by atoms with Gasteiger partial charge in [-0.2, -0.15) is 0 Å². The van der Waals surface area contributed by atoms with Crippen LogP contribution in [0.1, 0.15) is 37.1 Å². The number of hydrogen-bond donors (Lipinski definition) is 1. The monoisotopic (exact) mass is 243 g/mol. The van der Waals surface area contributed by atoms with Crippen molar-refractivity contribution in [1.82, 2.24) is 5.32 Å². The van der Waals surface area contributed by atoms with Gasteiger partial charge in [0.05, 0.1) is 6.04 Å². The van der Waals surface area contributed by atoms with Crippen LogP contribution in [0.3, 0.4) is 0 Å². The second-order valence-electron chi connectivity index (χ2n) is 5.65. The molecule has 2 aromatic rings. The Kier molecular flexibility index (Phi) is 2.90. The highest BCUT2D eigenvalue weighted by molar-refractivity contribution is 5.78. The molecule has 18 heavy (non-hydrogen) atoms. The van der Waals surface area contributed by atoms with Gasteiger partial charge >= 0.3 is 0 Å². The van der Waals surface area contributed by atoms with E-state index in [1.54, 1.807) is 0 Å². The van der Waals surface area contributed by atoms with Crippen LogP contribution in [0.25, 0.3) is 11.0 Å². The first-order valence-corrected chi connectivity index (χ1v) is 6.86. The van der Waals surface area contributed by atoms with E-state index in [0.717, 1.165) is 17.3 Å². The van der Waals surface area contributed by atoms with E-state index in [2.05, 4.69) is 43.4 Å².